The van der Waals surface area contributed by atoms with Gasteiger partial charge < -0.3 is 5.32 Å². The predicted octanol–water partition coefficient (Wildman–Crippen LogP) is 3.39. The Labute approximate surface area is 90.0 Å². The molecule has 1 aromatic heterocycles. The van der Waals surface area contributed by atoms with Crippen LogP contribution in [0.25, 0.3) is 0 Å². The van der Waals surface area contributed by atoms with Gasteiger partial charge in [-0.2, -0.15) is 0 Å². The quantitative estimate of drug-likeness (QED) is 0.817. The molecule has 0 atom stereocenters. The maximum atomic E-state index is 4.19. The summed E-state index contributed by atoms with van der Waals surface area (Å²) in [6.07, 6.45) is 4.75. The average molecular weight is 198 g/mol. The first kappa shape index (κ1) is 9.71. The van der Waals surface area contributed by atoms with Crippen molar-refractivity contribution in [3.05, 3.63) is 54.4 Å². The van der Waals surface area contributed by atoms with Crippen LogP contribution in [0.15, 0.2) is 48.8 Å². The van der Waals surface area contributed by atoms with Crippen LogP contribution in [0.3, 0.4) is 0 Å². The summed E-state index contributed by atoms with van der Waals surface area (Å²) in [6.45, 7) is 2.13. The molecule has 0 saturated carbocycles. The van der Waals surface area contributed by atoms with Crippen LogP contribution in [-0.4, -0.2) is 4.98 Å². The van der Waals surface area contributed by atoms with E-state index in [4.69, 9.17) is 0 Å². The van der Waals surface area contributed by atoms with Crippen LogP contribution >= 0.6 is 0 Å². The van der Waals surface area contributed by atoms with Crippen molar-refractivity contribution in [2.75, 3.05) is 5.32 Å². The maximum Gasteiger partial charge on any atom is 0.0573 e. The van der Waals surface area contributed by atoms with E-state index in [9.17, 15) is 0 Å². The fourth-order valence-corrected chi connectivity index (χ4v) is 1.44. The average Bonchev–Trinajstić information content (AvgIpc) is 2.31. The molecule has 76 valence electrons. The second-order valence-electron chi connectivity index (χ2n) is 3.43. The van der Waals surface area contributed by atoms with Crippen molar-refractivity contribution in [2.24, 2.45) is 0 Å². The van der Waals surface area contributed by atoms with Crippen molar-refractivity contribution in [1.82, 2.24) is 4.98 Å². The van der Waals surface area contributed by atoms with Crippen LogP contribution in [0.4, 0.5) is 11.4 Å². The van der Waals surface area contributed by atoms with E-state index < -0.39 is 0 Å². The predicted molar refractivity (Wildman–Crippen MR) is 63.3 cm³/mol. The minimum absolute atomic E-state index is 1.01. The van der Waals surface area contributed by atoms with Gasteiger partial charge in [0.05, 0.1) is 11.9 Å². The largest absolute Gasteiger partial charge is 0.354 e. The molecule has 2 nitrogen and oxygen atoms in total. The Kier molecular flexibility index (Phi) is 2.98. The lowest BCUT2D eigenvalue weighted by molar-refractivity contribution is 1.10. The monoisotopic (exact) mass is 198 g/mol. The third-order valence-electron chi connectivity index (χ3n) is 2.27. The molecule has 0 fully saturated rings. The fourth-order valence-electron chi connectivity index (χ4n) is 1.44. The first-order valence-electron chi connectivity index (χ1n) is 5.14. The van der Waals surface area contributed by atoms with Gasteiger partial charge in [0, 0.05) is 11.9 Å². The number of para-hydroxylation sites is 1. The van der Waals surface area contributed by atoms with E-state index in [1.54, 1.807) is 0 Å². The highest BCUT2D eigenvalue weighted by Crippen LogP contribution is 2.15. The molecule has 0 radical (unpaired) electrons. The van der Waals surface area contributed by atoms with Gasteiger partial charge in [-0.1, -0.05) is 25.1 Å². The van der Waals surface area contributed by atoms with Crippen molar-refractivity contribution < 1.29 is 0 Å². The SMILES string of the molecule is CCc1cncc(Nc2ccccc2)c1. The molecular weight excluding hydrogens is 184 g/mol. The van der Waals surface area contributed by atoms with Crippen LogP contribution < -0.4 is 5.32 Å². The molecule has 0 aliphatic carbocycles. The van der Waals surface area contributed by atoms with Crippen molar-refractivity contribution >= 4 is 11.4 Å². The van der Waals surface area contributed by atoms with Crippen molar-refractivity contribution in [1.29, 1.82) is 0 Å². The van der Waals surface area contributed by atoms with E-state index >= 15 is 0 Å². The maximum absolute atomic E-state index is 4.19. The number of aryl methyl sites for hydroxylation is 1. The zero-order chi connectivity index (χ0) is 10.5. The van der Waals surface area contributed by atoms with E-state index in [0.717, 1.165) is 17.8 Å². The Balaban J connectivity index is 2.17. The Morgan fingerprint density at radius 2 is 1.87 bits per heavy atom. The number of pyridine rings is 1. The summed E-state index contributed by atoms with van der Waals surface area (Å²) in [4.78, 5) is 4.19. The Morgan fingerprint density at radius 3 is 2.60 bits per heavy atom. The van der Waals surface area contributed by atoms with Crippen LogP contribution in [-0.2, 0) is 6.42 Å². The molecule has 0 unspecified atom stereocenters. The number of rotatable bonds is 3. The van der Waals surface area contributed by atoms with Crippen LogP contribution in [0.1, 0.15) is 12.5 Å². The van der Waals surface area contributed by atoms with Gasteiger partial charge >= 0.3 is 0 Å². The molecule has 2 aromatic rings. The molecule has 0 spiro atoms. The molecular formula is C13H14N2. The minimum atomic E-state index is 1.01. The van der Waals surface area contributed by atoms with Crippen molar-refractivity contribution in [2.45, 2.75) is 13.3 Å². The van der Waals surface area contributed by atoms with E-state index in [1.165, 1.54) is 5.56 Å². The molecule has 1 heterocycles. The molecule has 0 saturated heterocycles. The van der Waals surface area contributed by atoms with E-state index in [2.05, 4.69) is 23.3 Å². The number of hydrogen-bond acceptors (Lipinski definition) is 2. The number of nitrogens with zero attached hydrogens (tertiary/aromatic N) is 1. The Hall–Kier alpha value is -1.83. The Bertz CT molecular complexity index is 424. The van der Waals surface area contributed by atoms with Gasteiger partial charge in [-0.3, -0.25) is 4.98 Å². The van der Waals surface area contributed by atoms with Gasteiger partial charge in [-0.15, -0.1) is 0 Å². The normalized spacial score (nSPS) is 9.93. The molecule has 0 amide bonds. The molecule has 15 heavy (non-hydrogen) atoms. The second-order valence-corrected chi connectivity index (χ2v) is 3.43. The van der Waals surface area contributed by atoms with Gasteiger partial charge in [0.25, 0.3) is 0 Å². The Morgan fingerprint density at radius 1 is 1.07 bits per heavy atom. The summed E-state index contributed by atoms with van der Waals surface area (Å²) in [5.74, 6) is 0. The van der Waals surface area contributed by atoms with E-state index in [0.29, 0.717) is 0 Å². The van der Waals surface area contributed by atoms with Gasteiger partial charge in [0.2, 0.25) is 0 Å². The zero-order valence-corrected chi connectivity index (χ0v) is 8.77. The number of aromatic nitrogens is 1. The van der Waals surface area contributed by atoms with Crippen LogP contribution in [0.5, 0.6) is 0 Å². The number of benzene rings is 1. The number of hydrogen-bond donors (Lipinski definition) is 1. The summed E-state index contributed by atoms with van der Waals surface area (Å²) in [7, 11) is 0. The summed E-state index contributed by atoms with van der Waals surface area (Å²) < 4.78 is 0. The van der Waals surface area contributed by atoms with Gasteiger partial charge in [-0.25, -0.2) is 0 Å². The van der Waals surface area contributed by atoms with Gasteiger partial charge in [-0.05, 0) is 30.2 Å². The third kappa shape index (κ3) is 2.56. The topological polar surface area (TPSA) is 24.9 Å². The van der Waals surface area contributed by atoms with Crippen LogP contribution in [0, 0.1) is 0 Å². The molecule has 2 heteroatoms. The molecule has 0 aliphatic rings. The standard InChI is InChI=1S/C13H14N2/c1-2-11-8-13(10-14-9-11)15-12-6-4-3-5-7-12/h3-10,15H,2H2,1H3. The summed E-state index contributed by atoms with van der Waals surface area (Å²) in [5, 5.41) is 3.32. The van der Waals surface area contributed by atoms with Gasteiger partial charge in [0.1, 0.15) is 0 Å². The van der Waals surface area contributed by atoms with E-state index in [1.807, 2.05) is 42.7 Å². The summed E-state index contributed by atoms with van der Waals surface area (Å²) in [5.41, 5.74) is 3.38. The molecule has 0 aliphatic heterocycles. The number of nitrogens with one attached hydrogen (secondary N) is 1. The highest BCUT2D eigenvalue weighted by Gasteiger charge is 1.95. The molecule has 2 rings (SSSR count). The second kappa shape index (κ2) is 4.60. The smallest absolute Gasteiger partial charge is 0.0573 e. The lowest BCUT2D eigenvalue weighted by Crippen LogP contribution is -1.92. The van der Waals surface area contributed by atoms with Gasteiger partial charge in [0.15, 0.2) is 0 Å². The first-order chi connectivity index (χ1) is 7.38. The van der Waals surface area contributed by atoms with Crippen LogP contribution in [0.2, 0.25) is 0 Å². The molecule has 0 bridgehead atoms. The first-order valence-corrected chi connectivity index (χ1v) is 5.14. The third-order valence-corrected chi connectivity index (χ3v) is 2.27. The van der Waals surface area contributed by atoms with Crippen molar-refractivity contribution in [3.8, 4) is 0 Å². The number of anilines is 2. The zero-order valence-electron chi connectivity index (χ0n) is 8.77. The van der Waals surface area contributed by atoms with E-state index in [-0.39, 0.29) is 0 Å². The molecule has 1 N–H and O–H groups in total. The summed E-state index contributed by atoms with van der Waals surface area (Å²) in [6, 6.07) is 12.2. The summed E-state index contributed by atoms with van der Waals surface area (Å²) >= 11 is 0. The highest BCUT2D eigenvalue weighted by atomic mass is 14.9. The molecule has 1 aromatic carbocycles. The lowest BCUT2D eigenvalue weighted by atomic mass is 10.2. The lowest BCUT2D eigenvalue weighted by Gasteiger charge is -2.06. The minimum Gasteiger partial charge on any atom is -0.354 e. The highest BCUT2D eigenvalue weighted by molar-refractivity contribution is 5.58. The fraction of sp³-hybridized carbons (Fsp3) is 0.154. The van der Waals surface area contributed by atoms with Crippen molar-refractivity contribution in [3.63, 3.8) is 0 Å².